The molecule has 0 saturated carbocycles. The van der Waals surface area contributed by atoms with Crippen molar-refractivity contribution in [3.8, 4) is 0 Å². The molecule has 2 aliphatic rings. The second kappa shape index (κ2) is 7.79. The van der Waals surface area contributed by atoms with Crippen LogP contribution in [0.1, 0.15) is 19.3 Å². The lowest BCUT2D eigenvalue weighted by atomic mass is 10.1. The molecule has 2 aliphatic heterocycles. The molecule has 2 N–H and O–H groups in total. The summed E-state index contributed by atoms with van der Waals surface area (Å²) < 4.78 is 0. The number of anilines is 1. The molecular formula is C18H27N3O2. The first-order valence-corrected chi connectivity index (χ1v) is 8.68. The van der Waals surface area contributed by atoms with Crippen LogP contribution >= 0.6 is 0 Å². The number of amides is 1. The molecule has 0 radical (unpaired) electrons. The quantitative estimate of drug-likeness (QED) is 0.853. The molecule has 0 aromatic heterocycles. The molecule has 1 aromatic carbocycles. The molecule has 0 bridgehead atoms. The van der Waals surface area contributed by atoms with Crippen molar-refractivity contribution in [2.45, 2.75) is 25.4 Å². The van der Waals surface area contributed by atoms with Crippen LogP contribution in [0.2, 0.25) is 0 Å². The van der Waals surface area contributed by atoms with Gasteiger partial charge in [-0.05, 0) is 37.3 Å². The number of hydrogen-bond acceptors (Lipinski definition) is 4. The summed E-state index contributed by atoms with van der Waals surface area (Å²) in [6.07, 6.45) is 2.51. The summed E-state index contributed by atoms with van der Waals surface area (Å²) in [5, 5.41) is 12.6. The molecule has 1 unspecified atom stereocenters. The van der Waals surface area contributed by atoms with E-state index < -0.39 is 0 Å². The van der Waals surface area contributed by atoms with Crippen LogP contribution in [0, 0.1) is 5.92 Å². The van der Waals surface area contributed by atoms with Crippen molar-refractivity contribution in [1.29, 1.82) is 0 Å². The van der Waals surface area contributed by atoms with E-state index in [0.717, 1.165) is 52.0 Å². The van der Waals surface area contributed by atoms with Crippen molar-refractivity contribution in [2.75, 3.05) is 44.2 Å². The van der Waals surface area contributed by atoms with Gasteiger partial charge < -0.3 is 15.3 Å². The largest absolute Gasteiger partial charge is 0.393 e. The molecule has 0 aliphatic carbocycles. The Balaban J connectivity index is 1.37. The van der Waals surface area contributed by atoms with Crippen molar-refractivity contribution >= 4 is 11.6 Å². The Bertz CT molecular complexity index is 500. The molecule has 2 heterocycles. The highest BCUT2D eigenvalue weighted by Gasteiger charge is 2.24. The molecular weight excluding hydrogens is 290 g/mol. The van der Waals surface area contributed by atoms with Gasteiger partial charge in [-0.25, -0.2) is 0 Å². The first-order chi connectivity index (χ1) is 11.2. The molecule has 1 amide bonds. The predicted octanol–water partition coefficient (Wildman–Crippen LogP) is 1.09. The smallest absolute Gasteiger partial charge is 0.234 e. The van der Waals surface area contributed by atoms with Gasteiger partial charge in [0.2, 0.25) is 5.91 Å². The number of carbonyl (C=O) groups is 1. The minimum Gasteiger partial charge on any atom is -0.393 e. The van der Waals surface area contributed by atoms with Crippen molar-refractivity contribution < 1.29 is 9.90 Å². The fraction of sp³-hybridized carbons (Fsp3) is 0.611. The van der Waals surface area contributed by atoms with Crippen LogP contribution < -0.4 is 10.2 Å². The van der Waals surface area contributed by atoms with Gasteiger partial charge in [-0.1, -0.05) is 18.2 Å². The van der Waals surface area contributed by atoms with E-state index in [1.54, 1.807) is 0 Å². The third-order valence-electron chi connectivity index (χ3n) is 4.92. The molecule has 23 heavy (non-hydrogen) atoms. The SMILES string of the molecule is O=C(CN1CCC(O)CC1)NCC1CCN(c2ccccc2)C1. The standard InChI is InChI=1S/C18H27N3O2/c22-17-7-9-20(10-8-17)14-18(23)19-12-15-6-11-21(13-15)16-4-2-1-3-5-16/h1-5,15,17,22H,6-14H2,(H,19,23). The first-order valence-electron chi connectivity index (χ1n) is 8.68. The Morgan fingerprint density at radius 2 is 1.87 bits per heavy atom. The number of aliphatic hydroxyl groups excluding tert-OH is 1. The lowest BCUT2D eigenvalue weighted by Crippen LogP contribution is -2.43. The second-order valence-electron chi connectivity index (χ2n) is 6.75. The van der Waals surface area contributed by atoms with Crippen molar-refractivity contribution in [3.05, 3.63) is 30.3 Å². The predicted molar refractivity (Wildman–Crippen MR) is 91.5 cm³/mol. The van der Waals surface area contributed by atoms with Gasteiger partial charge >= 0.3 is 0 Å². The summed E-state index contributed by atoms with van der Waals surface area (Å²) in [5.74, 6) is 0.641. The van der Waals surface area contributed by atoms with Crippen LogP contribution in [-0.4, -0.2) is 61.3 Å². The Morgan fingerprint density at radius 1 is 1.13 bits per heavy atom. The molecule has 3 rings (SSSR count). The van der Waals surface area contributed by atoms with Crippen LogP contribution in [0.15, 0.2) is 30.3 Å². The minimum absolute atomic E-state index is 0.111. The van der Waals surface area contributed by atoms with E-state index in [-0.39, 0.29) is 12.0 Å². The normalized spacial score (nSPS) is 23.2. The van der Waals surface area contributed by atoms with Gasteiger partial charge in [0.05, 0.1) is 12.6 Å². The van der Waals surface area contributed by atoms with E-state index in [1.807, 2.05) is 6.07 Å². The zero-order valence-electron chi connectivity index (χ0n) is 13.7. The molecule has 5 heteroatoms. The monoisotopic (exact) mass is 317 g/mol. The molecule has 2 saturated heterocycles. The third-order valence-corrected chi connectivity index (χ3v) is 4.92. The highest BCUT2D eigenvalue weighted by molar-refractivity contribution is 5.78. The van der Waals surface area contributed by atoms with Crippen molar-refractivity contribution in [2.24, 2.45) is 5.92 Å². The van der Waals surface area contributed by atoms with E-state index in [1.165, 1.54) is 5.69 Å². The van der Waals surface area contributed by atoms with Gasteiger partial charge in [-0.15, -0.1) is 0 Å². The van der Waals surface area contributed by atoms with E-state index in [2.05, 4.69) is 39.4 Å². The van der Waals surface area contributed by atoms with Crippen molar-refractivity contribution in [3.63, 3.8) is 0 Å². The van der Waals surface area contributed by atoms with E-state index >= 15 is 0 Å². The van der Waals surface area contributed by atoms with Crippen LogP contribution in [0.4, 0.5) is 5.69 Å². The minimum atomic E-state index is -0.184. The van der Waals surface area contributed by atoms with Crippen LogP contribution in [0.3, 0.4) is 0 Å². The van der Waals surface area contributed by atoms with Crippen LogP contribution in [0.5, 0.6) is 0 Å². The summed E-state index contributed by atoms with van der Waals surface area (Å²) in [6.45, 7) is 4.94. The van der Waals surface area contributed by atoms with Gasteiger partial charge in [0.1, 0.15) is 0 Å². The number of carbonyl (C=O) groups excluding carboxylic acids is 1. The van der Waals surface area contributed by atoms with E-state index in [0.29, 0.717) is 12.5 Å². The average Bonchev–Trinajstić information content (AvgIpc) is 3.05. The highest BCUT2D eigenvalue weighted by Crippen LogP contribution is 2.22. The van der Waals surface area contributed by atoms with Crippen LogP contribution in [-0.2, 0) is 4.79 Å². The topological polar surface area (TPSA) is 55.8 Å². The Kier molecular flexibility index (Phi) is 5.51. The maximum atomic E-state index is 12.1. The number of likely N-dealkylation sites (tertiary alicyclic amines) is 1. The molecule has 5 nitrogen and oxygen atoms in total. The second-order valence-corrected chi connectivity index (χ2v) is 6.75. The fourth-order valence-electron chi connectivity index (χ4n) is 3.47. The van der Waals surface area contributed by atoms with Gasteiger partial charge in [0, 0.05) is 38.4 Å². The zero-order valence-corrected chi connectivity index (χ0v) is 13.7. The lowest BCUT2D eigenvalue weighted by molar-refractivity contribution is -0.122. The van der Waals surface area contributed by atoms with Gasteiger partial charge in [-0.3, -0.25) is 9.69 Å². The number of nitrogens with one attached hydrogen (secondary N) is 1. The number of para-hydroxylation sites is 1. The average molecular weight is 317 g/mol. The maximum absolute atomic E-state index is 12.1. The Morgan fingerprint density at radius 3 is 2.61 bits per heavy atom. The number of piperidine rings is 1. The van der Waals surface area contributed by atoms with Gasteiger partial charge in [0.15, 0.2) is 0 Å². The summed E-state index contributed by atoms with van der Waals surface area (Å²) in [4.78, 5) is 16.6. The molecule has 1 atom stereocenters. The Hall–Kier alpha value is -1.59. The fourth-order valence-corrected chi connectivity index (χ4v) is 3.47. The summed E-state index contributed by atoms with van der Waals surface area (Å²) >= 11 is 0. The number of rotatable bonds is 5. The molecule has 1 aromatic rings. The summed E-state index contributed by atoms with van der Waals surface area (Å²) in [6, 6.07) is 10.5. The van der Waals surface area contributed by atoms with Crippen molar-refractivity contribution in [1.82, 2.24) is 10.2 Å². The summed E-state index contributed by atoms with van der Waals surface area (Å²) in [7, 11) is 0. The first kappa shape index (κ1) is 16.3. The highest BCUT2D eigenvalue weighted by atomic mass is 16.3. The van der Waals surface area contributed by atoms with E-state index in [9.17, 15) is 9.90 Å². The molecule has 2 fully saturated rings. The number of hydrogen-bond donors (Lipinski definition) is 2. The zero-order chi connectivity index (χ0) is 16.1. The molecule has 0 spiro atoms. The number of nitrogens with zero attached hydrogens (tertiary/aromatic N) is 2. The summed E-state index contributed by atoms with van der Waals surface area (Å²) in [5.41, 5.74) is 1.27. The van der Waals surface area contributed by atoms with Gasteiger partial charge in [0.25, 0.3) is 0 Å². The van der Waals surface area contributed by atoms with E-state index in [4.69, 9.17) is 0 Å². The van der Waals surface area contributed by atoms with Crippen LogP contribution in [0.25, 0.3) is 0 Å². The Labute approximate surface area is 138 Å². The van der Waals surface area contributed by atoms with Gasteiger partial charge in [-0.2, -0.15) is 0 Å². The number of benzene rings is 1. The third kappa shape index (κ3) is 4.69. The maximum Gasteiger partial charge on any atom is 0.234 e. The number of aliphatic hydroxyl groups is 1. The lowest BCUT2D eigenvalue weighted by Gasteiger charge is -2.28. The molecule has 126 valence electrons.